The molecule has 3 nitrogen and oxygen atoms in total. The van der Waals surface area contributed by atoms with Crippen molar-refractivity contribution in [3.8, 4) is 67.3 Å². The van der Waals surface area contributed by atoms with Crippen LogP contribution in [0, 0.1) is 6.92 Å². The Morgan fingerprint density at radius 3 is 1.69 bits per heavy atom. The van der Waals surface area contributed by atoms with Gasteiger partial charge in [-0.25, -0.2) is 9.97 Å². The largest absolute Gasteiger partial charge is 0.456 e. The van der Waals surface area contributed by atoms with Crippen molar-refractivity contribution < 1.29 is 4.42 Å². The molecule has 0 bridgehead atoms. The first-order chi connectivity index (χ1) is 29.2. The minimum atomic E-state index is 0.534. The van der Waals surface area contributed by atoms with Crippen molar-refractivity contribution in [1.82, 2.24) is 9.97 Å². The van der Waals surface area contributed by atoms with Gasteiger partial charge in [-0.15, -0.1) is 0 Å². The van der Waals surface area contributed by atoms with E-state index in [2.05, 4.69) is 177 Å². The lowest BCUT2D eigenvalue weighted by Crippen LogP contribution is -1.97. The number of aryl methyl sites for hydroxylation is 1. The maximum atomic E-state index is 6.39. The predicted molar refractivity (Wildman–Crippen MR) is 245 cm³/mol. The first-order valence-corrected chi connectivity index (χ1v) is 20.6. The summed E-state index contributed by atoms with van der Waals surface area (Å²) in [7, 11) is 0. The van der Waals surface area contributed by atoms with Crippen LogP contribution in [-0.4, -0.2) is 9.97 Å². The van der Waals surface area contributed by atoms with Crippen LogP contribution >= 0.6 is 0 Å². The van der Waals surface area contributed by atoms with Crippen LogP contribution < -0.4 is 0 Å². The van der Waals surface area contributed by atoms with E-state index in [-0.39, 0.29) is 0 Å². The molecule has 59 heavy (non-hydrogen) atoms. The topological polar surface area (TPSA) is 38.9 Å². The monoisotopic (exact) mass is 754 g/mol. The smallest absolute Gasteiger partial charge is 0.160 e. The van der Waals surface area contributed by atoms with Crippen molar-refractivity contribution in [3.63, 3.8) is 0 Å². The Balaban J connectivity index is 1.00. The number of aromatic nitrogens is 2. The van der Waals surface area contributed by atoms with Crippen molar-refractivity contribution in [2.24, 2.45) is 0 Å². The molecule has 2 heterocycles. The fourth-order valence-electron chi connectivity index (χ4n) is 9.48. The maximum absolute atomic E-state index is 6.39. The van der Waals surface area contributed by atoms with E-state index >= 15 is 0 Å². The molecule has 1 aliphatic carbocycles. The highest BCUT2D eigenvalue weighted by Gasteiger charge is 2.29. The first kappa shape index (κ1) is 33.7. The molecule has 11 aromatic rings. The summed E-state index contributed by atoms with van der Waals surface area (Å²) in [4.78, 5) is 10.3. The van der Waals surface area contributed by atoms with Crippen LogP contribution in [0.1, 0.15) is 29.9 Å². The van der Waals surface area contributed by atoms with E-state index < -0.39 is 0 Å². The molecule has 0 aliphatic heterocycles. The predicted octanol–water partition coefficient (Wildman–Crippen LogP) is 15.3. The average molecular weight is 755 g/mol. The highest BCUT2D eigenvalue weighted by atomic mass is 16.3. The molecule has 0 N–H and O–H groups in total. The van der Waals surface area contributed by atoms with Crippen LogP contribution in [0.15, 0.2) is 186 Å². The fourth-order valence-corrected chi connectivity index (χ4v) is 9.48. The van der Waals surface area contributed by atoms with Gasteiger partial charge in [-0.1, -0.05) is 158 Å². The summed E-state index contributed by atoms with van der Waals surface area (Å²) in [6, 6.07) is 65.4. The molecule has 2 aromatic heterocycles. The molecule has 1 aliphatic rings. The normalized spacial score (nSPS) is 13.0. The molecule has 0 radical (unpaired) electrons. The summed E-state index contributed by atoms with van der Waals surface area (Å²) < 4.78 is 6.39. The molecule has 0 unspecified atom stereocenters. The van der Waals surface area contributed by atoms with Gasteiger partial charge in [0.05, 0.1) is 11.4 Å². The minimum Gasteiger partial charge on any atom is -0.456 e. The Hall–Kier alpha value is -7.36. The third kappa shape index (κ3) is 5.57. The molecule has 278 valence electrons. The number of furan rings is 1. The summed E-state index contributed by atoms with van der Waals surface area (Å²) in [5.41, 5.74) is 17.0. The molecular weight excluding hydrogens is 717 g/mol. The molecule has 0 spiro atoms. The molecule has 1 saturated carbocycles. The van der Waals surface area contributed by atoms with E-state index in [4.69, 9.17) is 14.4 Å². The van der Waals surface area contributed by atoms with Gasteiger partial charge in [0.2, 0.25) is 0 Å². The number of fused-ring (bicyclic) bond motifs is 3. The van der Waals surface area contributed by atoms with Gasteiger partial charge in [-0.3, -0.25) is 0 Å². The van der Waals surface area contributed by atoms with E-state index in [1.807, 2.05) is 12.1 Å². The third-order valence-electron chi connectivity index (χ3n) is 12.4. The molecule has 9 aromatic carbocycles. The second kappa shape index (κ2) is 13.4. The number of rotatable bonds is 7. The van der Waals surface area contributed by atoms with Gasteiger partial charge in [-0.05, 0) is 116 Å². The standard InChI is InChI=1S/C56H38N2O/c1-34-13-8-20-41(38-18-9-19-40(31-38)56-57-48(36-14-4-2-5-15-36)33-49(58-56)37-16-6-3-7-17-37)52(34)45-30-29-39(32-47(45)35-27-28-35)42-21-10-22-43-44-23-11-25-50-54(44)55-46(53(42)43)24-12-26-51(55)59-50/h2-26,29-33,35H,27-28H2,1H3. The summed E-state index contributed by atoms with van der Waals surface area (Å²) in [6.07, 6.45) is 2.41. The number of nitrogens with zero attached hydrogens (tertiary/aromatic N) is 2. The van der Waals surface area contributed by atoms with Gasteiger partial charge in [-0.2, -0.15) is 0 Å². The second-order valence-corrected chi connectivity index (χ2v) is 16.0. The van der Waals surface area contributed by atoms with Gasteiger partial charge in [0.1, 0.15) is 11.2 Å². The quantitative estimate of drug-likeness (QED) is 0.152. The van der Waals surface area contributed by atoms with Crippen molar-refractivity contribution in [1.29, 1.82) is 0 Å². The lowest BCUT2D eigenvalue weighted by atomic mass is 9.84. The molecule has 3 heteroatoms. The van der Waals surface area contributed by atoms with Crippen LogP contribution in [-0.2, 0) is 0 Å². The van der Waals surface area contributed by atoms with Crippen molar-refractivity contribution in [3.05, 3.63) is 193 Å². The average Bonchev–Trinajstić information content (AvgIpc) is 4.08. The van der Waals surface area contributed by atoms with Crippen LogP contribution in [0.25, 0.3) is 111 Å². The van der Waals surface area contributed by atoms with Crippen LogP contribution in [0.3, 0.4) is 0 Å². The van der Waals surface area contributed by atoms with Crippen molar-refractivity contribution in [2.75, 3.05) is 0 Å². The molecule has 0 atom stereocenters. The zero-order valence-corrected chi connectivity index (χ0v) is 32.6. The lowest BCUT2D eigenvalue weighted by Gasteiger charge is -2.19. The van der Waals surface area contributed by atoms with E-state index in [0.717, 1.165) is 44.8 Å². The van der Waals surface area contributed by atoms with Gasteiger partial charge >= 0.3 is 0 Å². The van der Waals surface area contributed by atoms with E-state index in [0.29, 0.717) is 11.7 Å². The highest BCUT2D eigenvalue weighted by Crippen LogP contribution is 2.50. The number of benzene rings is 9. The SMILES string of the molecule is Cc1cccc(-c2cccc(-c3nc(-c4ccccc4)cc(-c4ccccc4)n3)c2)c1-c1ccc(-c2cccc3c4cccc5oc6cccc(c23)c6c54)cc1C1CC1. The zero-order chi connectivity index (χ0) is 39.0. The maximum Gasteiger partial charge on any atom is 0.160 e. The van der Waals surface area contributed by atoms with Gasteiger partial charge in [0.15, 0.2) is 5.82 Å². The first-order valence-electron chi connectivity index (χ1n) is 20.6. The lowest BCUT2D eigenvalue weighted by molar-refractivity contribution is 0.669. The highest BCUT2D eigenvalue weighted by molar-refractivity contribution is 6.34. The van der Waals surface area contributed by atoms with E-state index in [1.54, 1.807) is 0 Å². The Bertz CT molecular complexity index is 3340. The summed E-state index contributed by atoms with van der Waals surface area (Å²) >= 11 is 0. The number of hydrogen-bond donors (Lipinski definition) is 0. The van der Waals surface area contributed by atoms with Gasteiger partial charge in [0.25, 0.3) is 0 Å². The molecule has 0 amide bonds. The Labute approximate surface area is 342 Å². The second-order valence-electron chi connectivity index (χ2n) is 16.0. The molecule has 0 saturated heterocycles. The van der Waals surface area contributed by atoms with Crippen molar-refractivity contribution in [2.45, 2.75) is 25.7 Å². The molecular formula is C56H38N2O. The van der Waals surface area contributed by atoms with E-state index in [1.165, 1.54) is 84.1 Å². The van der Waals surface area contributed by atoms with Crippen LogP contribution in [0.5, 0.6) is 0 Å². The summed E-state index contributed by atoms with van der Waals surface area (Å²) in [5, 5.41) is 7.49. The third-order valence-corrected chi connectivity index (χ3v) is 12.4. The van der Waals surface area contributed by atoms with Crippen LogP contribution in [0.2, 0.25) is 0 Å². The Morgan fingerprint density at radius 2 is 0.983 bits per heavy atom. The van der Waals surface area contributed by atoms with Crippen LogP contribution in [0.4, 0.5) is 0 Å². The summed E-state index contributed by atoms with van der Waals surface area (Å²) in [5.74, 6) is 1.25. The summed E-state index contributed by atoms with van der Waals surface area (Å²) in [6.45, 7) is 2.25. The number of hydrogen-bond acceptors (Lipinski definition) is 3. The Morgan fingerprint density at radius 1 is 0.424 bits per heavy atom. The van der Waals surface area contributed by atoms with Crippen molar-refractivity contribution >= 4 is 43.5 Å². The zero-order valence-electron chi connectivity index (χ0n) is 32.6. The van der Waals surface area contributed by atoms with Gasteiger partial charge < -0.3 is 4.42 Å². The van der Waals surface area contributed by atoms with Gasteiger partial charge in [0, 0.05) is 27.5 Å². The Kier molecular flexibility index (Phi) is 7.64. The minimum absolute atomic E-state index is 0.534. The molecule has 1 fully saturated rings. The molecule has 12 rings (SSSR count). The fraction of sp³-hybridized carbons (Fsp3) is 0.0714. The van der Waals surface area contributed by atoms with E-state index in [9.17, 15) is 0 Å².